The molecule has 0 bridgehead atoms. The van der Waals surface area contributed by atoms with E-state index in [4.69, 9.17) is 0 Å². The molecule has 34 heavy (non-hydrogen) atoms. The van der Waals surface area contributed by atoms with Gasteiger partial charge in [0.2, 0.25) is 0 Å². The molecule has 0 N–H and O–H groups in total. The first kappa shape index (κ1) is 27.0. The third-order valence-corrected chi connectivity index (χ3v) is 11.6. The van der Waals surface area contributed by atoms with E-state index in [2.05, 4.69) is 20.8 Å². The van der Waals surface area contributed by atoms with Crippen molar-refractivity contribution in [2.24, 2.45) is 46.8 Å². The second-order valence-electron chi connectivity index (χ2n) is 14.8. The van der Waals surface area contributed by atoms with Gasteiger partial charge < -0.3 is 0 Å². The number of unbranched alkanes of at least 4 members (excludes halogenated alkanes) is 1. The predicted molar refractivity (Wildman–Crippen MR) is 150 cm³/mol. The van der Waals surface area contributed by atoms with Crippen molar-refractivity contribution >= 4 is 0 Å². The summed E-state index contributed by atoms with van der Waals surface area (Å²) in [6, 6.07) is 0. The summed E-state index contributed by atoms with van der Waals surface area (Å²) in [4.78, 5) is 0. The maximum absolute atomic E-state index is 2.47. The van der Waals surface area contributed by atoms with Crippen LogP contribution in [0.3, 0.4) is 0 Å². The maximum atomic E-state index is 2.47. The van der Waals surface area contributed by atoms with Gasteiger partial charge in [0.15, 0.2) is 0 Å². The van der Waals surface area contributed by atoms with Crippen molar-refractivity contribution < 1.29 is 0 Å². The van der Waals surface area contributed by atoms with Gasteiger partial charge >= 0.3 is 0 Å². The van der Waals surface area contributed by atoms with Crippen LogP contribution in [0.15, 0.2) is 0 Å². The van der Waals surface area contributed by atoms with Crippen LogP contribution in [-0.4, -0.2) is 0 Å². The highest BCUT2D eigenvalue weighted by atomic mass is 14.5. The average Bonchev–Trinajstić information content (AvgIpc) is 3.50. The van der Waals surface area contributed by atoms with Gasteiger partial charge in [0.1, 0.15) is 0 Å². The molecule has 0 aromatic heterocycles. The Labute approximate surface area is 215 Å². The molecule has 0 aliphatic heterocycles. The summed E-state index contributed by atoms with van der Waals surface area (Å²) in [5, 5.41) is 0. The molecular formula is C34H62. The van der Waals surface area contributed by atoms with Crippen molar-refractivity contribution in [3.8, 4) is 0 Å². The van der Waals surface area contributed by atoms with Crippen LogP contribution in [-0.2, 0) is 0 Å². The largest absolute Gasteiger partial charge is 0.0599 e. The molecule has 4 aliphatic rings. The van der Waals surface area contributed by atoms with Crippen molar-refractivity contribution in [2.45, 2.75) is 168 Å². The van der Waals surface area contributed by atoms with E-state index in [1.807, 2.05) is 0 Å². The van der Waals surface area contributed by atoms with Crippen LogP contribution >= 0.6 is 0 Å². The van der Waals surface area contributed by atoms with Gasteiger partial charge in [-0.1, -0.05) is 143 Å². The van der Waals surface area contributed by atoms with Crippen LogP contribution in [0.5, 0.6) is 0 Å². The third kappa shape index (κ3) is 7.75. The molecule has 4 aliphatic carbocycles. The summed E-state index contributed by atoms with van der Waals surface area (Å²) in [5.41, 5.74) is 0.535. The van der Waals surface area contributed by atoms with Crippen LogP contribution in [0.25, 0.3) is 0 Å². The second-order valence-corrected chi connectivity index (χ2v) is 14.8. The Kier molecular flexibility index (Phi) is 10.8. The topological polar surface area (TPSA) is 0 Å². The van der Waals surface area contributed by atoms with Crippen molar-refractivity contribution in [1.29, 1.82) is 0 Å². The highest BCUT2D eigenvalue weighted by Gasteiger charge is 2.43. The maximum Gasteiger partial charge on any atom is -0.0326 e. The normalized spacial score (nSPS) is 35.6. The van der Waals surface area contributed by atoms with Crippen LogP contribution in [0.4, 0.5) is 0 Å². The SMILES string of the molecule is CC(C)(C)C1CCC(CCCCC2CCC(C3CCCC3)C2C2CCCCCCCCC2)CC1. The van der Waals surface area contributed by atoms with Gasteiger partial charge in [0.25, 0.3) is 0 Å². The van der Waals surface area contributed by atoms with Gasteiger partial charge in [-0.2, -0.15) is 0 Å². The molecule has 4 saturated carbocycles. The third-order valence-electron chi connectivity index (χ3n) is 11.6. The van der Waals surface area contributed by atoms with Gasteiger partial charge in [-0.25, -0.2) is 0 Å². The molecule has 4 rings (SSSR count). The molecule has 0 radical (unpaired) electrons. The molecule has 0 nitrogen and oxygen atoms in total. The average molecular weight is 471 g/mol. The quantitative estimate of drug-likeness (QED) is 0.324. The lowest BCUT2D eigenvalue weighted by Crippen LogP contribution is -2.29. The summed E-state index contributed by atoms with van der Waals surface area (Å²) in [5.74, 6) is 7.57. The lowest BCUT2D eigenvalue weighted by atomic mass is 9.68. The van der Waals surface area contributed by atoms with Crippen molar-refractivity contribution in [3.05, 3.63) is 0 Å². The minimum atomic E-state index is 0.535. The Morgan fingerprint density at radius 1 is 0.500 bits per heavy atom. The van der Waals surface area contributed by atoms with Gasteiger partial charge in [-0.3, -0.25) is 0 Å². The van der Waals surface area contributed by atoms with Gasteiger partial charge in [0, 0.05) is 0 Å². The van der Waals surface area contributed by atoms with Crippen LogP contribution in [0.2, 0.25) is 0 Å². The molecular weight excluding hydrogens is 408 g/mol. The highest BCUT2D eigenvalue weighted by molar-refractivity contribution is 4.93. The monoisotopic (exact) mass is 470 g/mol. The summed E-state index contributed by atoms with van der Waals surface area (Å²) >= 11 is 0. The fourth-order valence-corrected chi connectivity index (χ4v) is 9.53. The molecule has 0 spiro atoms. The van der Waals surface area contributed by atoms with Gasteiger partial charge in [-0.15, -0.1) is 0 Å². The van der Waals surface area contributed by atoms with Crippen molar-refractivity contribution in [1.82, 2.24) is 0 Å². The lowest BCUT2D eigenvalue weighted by molar-refractivity contribution is 0.126. The van der Waals surface area contributed by atoms with Crippen LogP contribution in [0.1, 0.15) is 168 Å². The van der Waals surface area contributed by atoms with E-state index in [1.54, 1.807) is 83.5 Å². The van der Waals surface area contributed by atoms with E-state index in [0.29, 0.717) is 5.41 Å². The number of hydrogen-bond acceptors (Lipinski definition) is 0. The van der Waals surface area contributed by atoms with E-state index in [1.165, 1.54) is 64.2 Å². The fraction of sp³-hybridized carbons (Fsp3) is 1.00. The minimum absolute atomic E-state index is 0.535. The molecule has 3 atom stereocenters. The zero-order valence-electron chi connectivity index (χ0n) is 23.8. The first-order valence-corrected chi connectivity index (χ1v) is 16.5. The van der Waals surface area contributed by atoms with Crippen LogP contribution < -0.4 is 0 Å². The van der Waals surface area contributed by atoms with Crippen molar-refractivity contribution in [2.75, 3.05) is 0 Å². The molecule has 0 amide bonds. The summed E-state index contributed by atoms with van der Waals surface area (Å²) in [6.07, 6.45) is 35.6. The number of rotatable bonds is 7. The molecule has 198 valence electrons. The first-order chi connectivity index (χ1) is 16.5. The molecule has 0 heteroatoms. The van der Waals surface area contributed by atoms with E-state index in [0.717, 1.165) is 41.4 Å². The lowest BCUT2D eigenvalue weighted by Gasteiger charge is -2.37. The Hall–Kier alpha value is 0. The zero-order chi connectivity index (χ0) is 23.8. The molecule has 0 aromatic rings. The summed E-state index contributed by atoms with van der Waals surface area (Å²) in [7, 11) is 0. The highest BCUT2D eigenvalue weighted by Crippen LogP contribution is 2.53. The summed E-state index contributed by atoms with van der Waals surface area (Å²) < 4.78 is 0. The Balaban J connectivity index is 1.27. The van der Waals surface area contributed by atoms with E-state index >= 15 is 0 Å². The Bertz CT molecular complexity index is 531. The second kappa shape index (κ2) is 13.5. The molecule has 0 aromatic carbocycles. The van der Waals surface area contributed by atoms with Gasteiger partial charge in [-0.05, 0) is 72.5 Å². The fourth-order valence-electron chi connectivity index (χ4n) is 9.53. The molecule has 4 fully saturated rings. The standard InChI is InChI=1S/C34H62/c1-34(2,3)31-24-21-27(22-25-31)15-11-12-20-30-23-26-32(28-16-13-14-17-28)33(30)29-18-9-7-5-4-6-8-10-19-29/h27-33H,4-26H2,1-3H3. The molecule has 3 unspecified atom stereocenters. The Morgan fingerprint density at radius 2 is 1.03 bits per heavy atom. The van der Waals surface area contributed by atoms with E-state index < -0.39 is 0 Å². The minimum Gasteiger partial charge on any atom is -0.0599 e. The zero-order valence-corrected chi connectivity index (χ0v) is 23.8. The first-order valence-electron chi connectivity index (χ1n) is 16.5. The van der Waals surface area contributed by atoms with Gasteiger partial charge in [0.05, 0.1) is 0 Å². The van der Waals surface area contributed by atoms with E-state index in [-0.39, 0.29) is 0 Å². The predicted octanol–water partition coefficient (Wildman–Crippen LogP) is 11.4. The number of hydrogen-bond donors (Lipinski definition) is 0. The van der Waals surface area contributed by atoms with E-state index in [9.17, 15) is 0 Å². The smallest absolute Gasteiger partial charge is 0.0326 e. The summed E-state index contributed by atoms with van der Waals surface area (Å²) in [6.45, 7) is 7.40. The Morgan fingerprint density at radius 3 is 1.65 bits per heavy atom. The van der Waals surface area contributed by atoms with Crippen molar-refractivity contribution in [3.63, 3.8) is 0 Å². The van der Waals surface area contributed by atoms with Crippen LogP contribution in [0, 0.1) is 46.8 Å². The molecule has 0 saturated heterocycles. The molecule has 0 heterocycles.